The lowest BCUT2D eigenvalue weighted by atomic mass is 9.93. The SMILES string of the molecule is O=C(Nc1cccc(-c2nnc3n2CCCCC3)c1)[C@H]1Cc2ccccc2CN1C(=O)c1ccco1. The van der Waals surface area contributed by atoms with Crippen LogP contribution in [0.15, 0.2) is 71.3 Å². The number of aryl methyl sites for hydroxylation is 1. The van der Waals surface area contributed by atoms with Crippen molar-refractivity contribution >= 4 is 17.5 Å². The lowest BCUT2D eigenvalue weighted by molar-refractivity contribution is -0.121. The van der Waals surface area contributed by atoms with Crippen molar-refractivity contribution in [2.75, 3.05) is 5.32 Å². The minimum atomic E-state index is -0.662. The number of amides is 2. The van der Waals surface area contributed by atoms with Crippen molar-refractivity contribution in [2.45, 2.75) is 51.2 Å². The van der Waals surface area contributed by atoms with Gasteiger partial charge >= 0.3 is 0 Å². The lowest BCUT2D eigenvalue weighted by Gasteiger charge is -2.35. The molecule has 0 aliphatic carbocycles. The molecule has 1 atom stereocenters. The van der Waals surface area contributed by atoms with Crippen LogP contribution in [0.5, 0.6) is 0 Å². The molecule has 1 N–H and O–H groups in total. The Labute approximate surface area is 208 Å². The number of anilines is 1. The zero-order valence-corrected chi connectivity index (χ0v) is 19.9. The summed E-state index contributed by atoms with van der Waals surface area (Å²) in [5.41, 5.74) is 3.68. The second-order valence-corrected chi connectivity index (χ2v) is 9.37. The van der Waals surface area contributed by atoms with Gasteiger partial charge in [0.1, 0.15) is 11.9 Å². The van der Waals surface area contributed by atoms with Crippen LogP contribution in [0.2, 0.25) is 0 Å². The number of carbonyl (C=O) groups excluding carboxylic acids is 2. The summed E-state index contributed by atoms with van der Waals surface area (Å²) >= 11 is 0. The molecule has 36 heavy (non-hydrogen) atoms. The third-order valence-electron chi connectivity index (χ3n) is 7.04. The van der Waals surface area contributed by atoms with Crippen LogP contribution in [0.25, 0.3) is 11.4 Å². The topological polar surface area (TPSA) is 93.3 Å². The Balaban J connectivity index is 1.27. The maximum atomic E-state index is 13.6. The molecular weight excluding hydrogens is 454 g/mol. The number of nitrogens with zero attached hydrogens (tertiary/aromatic N) is 4. The average Bonchev–Trinajstić information content (AvgIpc) is 3.53. The van der Waals surface area contributed by atoms with E-state index in [2.05, 4.69) is 20.1 Å². The standard InChI is InChI=1S/C28H27N5O3/c34-27(23-17-19-8-3-4-9-21(19)18-33(23)28(35)24-12-7-15-36-24)29-22-11-6-10-20(16-22)26-31-30-25-13-2-1-5-14-32(25)26/h3-4,6-12,15-16,23H,1-2,5,13-14,17-18H2,(H,29,34)/t23-/m1/s1. The third kappa shape index (κ3) is 4.19. The Morgan fingerprint density at radius 2 is 1.83 bits per heavy atom. The van der Waals surface area contributed by atoms with Crippen LogP contribution >= 0.6 is 0 Å². The van der Waals surface area contributed by atoms with E-state index in [1.54, 1.807) is 17.0 Å². The first kappa shape index (κ1) is 22.3. The molecule has 4 heterocycles. The number of hydrogen-bond donors (Lipinski definition) is 1. The Bertz CT molecular complexity index is 1410. The molecule has 0 bridgehead atoms. The Morgan fingerprint density at radius 1 is 0.944 bits per heavy atom. The van der Waals surface area contributed by atoms with Gasteiger partial charge in [0.2, 0.25) is 5.91 Å². The van der Waals surface area contributed by atoms with Gasteiger partial charge in [0.15, 0.2) is 11.6 Å². The average molecular weight is 482 g/mol. The van der Waals surface area contributed by atoms with E-state index in [1.807, 2.05) is 48.5 Å². The summed E-state index contributed by atoms with van der Waals surface area (Å²) in [6.07, 6.45) is 6.27. The molecule has 0 fully saturated rings. The molecular formula is C28H27N5O3. The zero-order valence-electron chi connectivity index (χ0n) is 19.9. The summed E-state index contributed by atoms with van der Waals surface area (Å²) in [4.78, 5) is 28.4. The molecule has 6 rings (SSSR count). The van der Waals surface area contributed by atoms with E-state index >= 15 is 0 Å². The van der Waals surface area contributed by atoms with E-state index in [1.165, 1.54) is 12.7 Å². The summed E-state index contributed by atoms with van der Waals surface area (Å²) < 4.78 is 7.55. The molecule has 0 radical (unpaired) electrons. The van der Waals surface area contributed by atoms with E-state index in [0.29, 0.717) is 18.7 Å². The summed E-state index contributed by atoms with van der Waals surface area (Å²) in [6.45, 7) is 1.25. The second-order valence-electron chi connectivity index (χ2n) is 9.37. The van der Waals surface area contributed by atoms with Gasteiger partial charge in [-0.1, -0.05) is 42.8 Å². The van der Waals surface area contributed by atoms with E-state index in [9.17, 15) is 9.59 Å². The van der Waals surface area contributed by atoms with Crippen molar-refractivity contribution in [3.63, 3.8) is 0 Å². The van der Waals surface area contributed by atoms with Gasteiger partial charge in [-0.2, -0.15) is 0 Å². The number of fused-ring (bicyclic) bond motifs is 2. The summed E-state index contributed by atoms with van der Waals surface area (Å²) in [7, 11) is 0. The molecule has 8 nitrogen and oxygen atoms in total. The molecule has 4 aromatic rings. The number of aromatic nitrogens is 3. The number of furan rings is 1. The molecule has 182 valence electrons. The van der Waals surface area contributed by atoms with Gasteiger partial charge in [-0.15, -0.1) is 10.2 Å². The van der Waals surface area contributed by atoms with Crippen molar-refractivity contribution < 1.29 is 14.0 Å². The fraction of sp³-hybridized carbons (Fsp3) is 0.286. The van der Waals surface area contributed by atoms with Crippen LogP contribution < -0.4 is 5.32 Å². The van der Waals surface area contributed by atoms with Gasteiger partial charge in [0.25, 0.3) is 5.91 Å². The van der Waals surface area contributed by atoms with Crippen LogP contribution in [0.4, 0.5) is 5.69 Å². The van der Waals surface area contributed by atoms with Gasteiger partial charge in [-0.3, -0.25) is 9.59 Å². The highest BCUT2D eigenvalue weighted by molar-refractivity contribution is 6.00. The second kappa shape index (κ2) is 9.45. The van der Waals surface area contributed by atoms with Crippen LogP contribution in [-0.4, -0.2) is 37.5 Å². The zero-order chi connectivity index (χ0) is 24.5. The highest BCUT2D eigenvalue weighted by atomic mass is 16.3. The van der Waals surface area contributed by atoms with Crippen LogP contribution in [0.3, 0.4) is 0 Å². The number of benzene rings is 2. The molecule has 2 amide bonds. The maximum Gasteiger partial charge on any atom is 0.290 e. The number of rotatable bonds is 4. The van der Waals surface area contributed by atoms with Gasteiger partial charge in [0.05, 0.1) is 6.26 Å². The Morgan fingerprint density at radius 3 is 2.69 bits per heavy atom. The predicted molar refractivity (Wildman–Crippen MR) is 134 cm³/mol. The van der Waals surface area contributed by atoms with Crippen LogP contribution in [0.1, 0.15) is 46.8 Å². The molecule has 2 aliphatic heterocycles. The largest absolute Gasteiger partial charge is 0.459 e. The normalized spacial score (nSPS) is 17.1. The van der Waals surface area contributed by atoms with Crippen molar-refractivity contribution in [3.8, 4) is 11.4 Å². The van der Waals surface area contributed by atoms with E-state index < -0.39 is 6.04 Å². The van der Waals surface area contributed by atoms with E-state index in [-0.39, 0.29) is 17.6 Å². The van der Waals surface area contributed by atoms with Gasteiger partial charge < -0.3 is 19.2 Å². The fourth-order valence-electron chi connectivity index (χ4n) is 5.17. The molecule has 0 saturated heterocycles. The monoisotopic (exact) mass is 481 g/mol. The molecule has 0 spiro atoms. The van der Waals surface area contributed by atoms with Crippen LogP contribution in [-0.2, 0) is 30.7 Å². The minimum Gasteiger partial charge on any atom is -0.459 e. The van der Waals surface area contributed by atoms with E-state index in [4.69, 9.17) is 4.42 Å². The van der Waals surface area contributed by atoms with Crippen LogP contribution in [0, 0.1) is 0 Å². The Hall–Kier alpha value is -4.20. The summed E-state index contributed by atoms with van der Waals surface area (Å²) in [6, 6.07) is 18.2. The highest BCUT2D eigenvalue weighted by Gasteiger charge is 2.36. The number of hydrogen-bond acceptors (Lipinski definition) is 5. The summed E-state index contributed by atoms with van der Waals surface area (Å²) in [5.74, 6) is 1.53. The van der Waals surface area contributed by atoms with Crippen molar-refractivity contribution in [1.82, 2.24) is 19.7 Å². The molecule has 2 aliphatic rings. The minimum absolute atomic E-state index is 0.224. The molecule has 0 unspecified atom stereocenters. The molecule has 2 aromatic carbocycles. The van der Waals surface area contributed by atoms with Crippen molar-refractivity contribution in [3.05, 3.63) is 89.6 Å². The van der Waals surface area contributed by atoms with Gasteiger partial charge in [-0.05, 0) is 48.2 Å². The smallest absolute Gasteiger partial charge is 0.290 e. The predicted octanol–water partition coefficient (Wildman–Crippen LogP) is 4.47. The number of carbonyl (C=O) groups is 2. The summed E-state index contributed by atoms with van der Waals surface area (Å²) in [5, 5.41) is 11.9. The molecule has 8 heteroatoms. The van der Waals surface area contributed by atoms with Gasteiger partial charge in [0, 0.05) is 37.2 Å². The first-order valence-electron chi connectivity index (χ1n) is 12.4. The first-order chi connectivity index (χ1) is 17.7. The van der Waals surface area contributed by atoms with E-state index in [0.717, 1.165) is 54.1 Å². The third-order valence-corrected chi connectivity index (χ3v) is 7.04. The van der Waals surface area contributed by atoms with Crippen molar-refractivity contribution in [2.24, 2.45) is 0 Å². The van der Waals surface area contributed by atoms with Gasteiger partial charge in [-0.25, -0.2) is 0 Å². The fourth-order valence-corrected chi connectivity index (χ4v) is 5.17. The molecule has 0 saturated carbocycles. The number of nitrogens with one attached hydrogen (secondary N) is 1. The Kier molecular flexibility index (Phi) is 5.85. The highest BCUT2D eigenvalue weighted by Crippen LogP contribution is 2.28. The van der Waals surface area contributed by atoms with Crippen molar-refractivity contribution in [1.29, 1.82) is 0 Å². The quantitative estimate of drug-likeness (QED) is 0.464. The maximum absolute atomic E-state index is 13.6. The lowest BCUT2D eigenvalue weighted by Crippen LogP contribution is -2.50. The first-order valence-corrected chi connectivity index (χ1v) is 12.4. The molecule has 2 aromatic heterocycles.